The first kappa shape index (κ1) is 25.9. The van der Waals surface area contributed by atoms with Gasteiger partial charge in [0.05, 0.1) is 12.6 Å². The summed E-state index contributed by atoms with van der Waals surface area (Å²) in [5.74, 6) is -0.707. The van der Waals surface area contributed by atoms with Gasteiger partial charge in [-0.05, 0) is 31.7 Å². The van der Waals surface area contributed by atoms with Crippen LogP contribution < -0.4 is 16.8 Å². The van der Waals surface area contributed by atoms with Crippen molar-refractivity contribution in [3.63, 3.8) is 0 Å². The summed E-state index contributed by atoms with van der Waals surface area (Å²) in [7, 11) is 0. The number of ether oxygens (including phenoxy) is 1. The number of carbonyl (C=O) groups excluding carboxylic acids is 2. The largest absolute Gasteiger partial charge is 0.464 e. The van der Waals surface area contributed by atoms with Crippen LogP contribution in [0.25, 0.3) is 0 Å². The molecule has 0 aliphatic heterocycles. The van der Waals surface area contributed by atoms with Crippen LogP contribution in [0.4, 0.5) is 0 Å². The van der Waals surface area contributed by atoms with Gasteiger partial charge < -0.3 is 21.5 Å². The van der Waals surface area contributed by atoms with E-state index in [0.29, 0.717) is 19.6 Å². The average Bonchev–Trinajstić information content (AvgIpc) is 2.64. The molecular formula is C21H43N3O3. The highest BCUT2D eigenvalue weighted by Gasteiger charge is 2.27. The lowest BCUT2D eigenvalue weighted by Crippen LogP contribution is -2.51. The van der Waals surface area contributed by atoms with E-state index >= 15 is 0 Å². The molecule has 0 fully saturated rings. The Bertz CT molecular complexity index is 389. The molecule has 0 bridgehead atoms. The zero-order chi connectivity index (χ0) is 20.5. The molecule has 0 rings (SSSR count). The van der Waals surface area contributed by atoms with Gasteiger partial charge in [0.25, 0.3) is 0 Å². The lowest BCUT2D eigenvalue weighted by molar-refractivity contribution is -0.149. The molecule has 0 aliphatic rings. The van der Waals surface area contributed by atoms with Crippen molar-refractivity contribution in [3.05, 3.63) is 0 Å². The number of hydrogen-bond acceptors (Lipinski definition) is 5. The zero-order valence-corrected chi connectivity index (χ0v) is 17.8. The minimum atomic E-state index is -0.646. The number of unbranched alkanes of at least 4 members (excludes halogenated alkanes) is 8. The summed E-state index contributed by atoms with van der Waals surface area (Å²) in [6.45, 7) is 7.01. The summed E-state index contributed by atoms with van der Waals surface area (Å²) < 4.78 is 5.38. The molecule has 0 unspecified atom stereocenters. The summed E-state index contributed by atoms with van der Waals surface area (Å²) >= 11 is 0. The second-order valence-corrected chi connectivity index (χ2v) is 7.76. The predicted molar refractivity (Wildman–Crippen MR) is 111 cm³/mol. The molecule has 27 heavy (non-hydrogen) atoms. The highest BCUT2D eigenvalue weighted by molar-refractivity contribution is 5.87. The van der Waals surface area contributed by atoms with Crippen LogP contribution in [0, 0.1) is 5.92 Å². The van der Waals surface area contributed by atoms with Gasteiger partial charge in [0.15, 0.2) is 0 Å². The van der Waals surface area contributed by atoms with Crippen molar-refractivity contribution in [2.24, 2.45) is 17.4 Å². The Morgan fingerprint density at radius 2 is 1.52 bits per heavy atom. The first-order valence-electron chi connectivity index (χ1n) is 10.9. The quantitative estimate of drug-likeness (QED) is 0.263. The van der Waals surface area contributed by atoms with Crippen LogP contribution >= 0.6 is 0 Å². The molecule has 0 spiro atoms. The van der Waals surface area contributed by atoms with Gasteiger partial charge >= 0.3 is 5.97 Å². The van der Waals surface area contributed by atoms with Crippen LogP contribution in [0.2, 0.25) is 0 Å². The van der Waals surface area contributed by atoms with Crippen molar-refractivity contribution in [2.75, 3.05) is 13.2 Å². The van der Waals surface area contributed by atoms with Crippen molar-refractivity contribution >= 4 is 11.9 Å². The fourth-order valence-electron chi connectivity index (χ4n) is 2.90. The van der Waals surface area contributed by atoms with E-state index < -0.39 is 12.1 Å². The number of amides is 1. The van der Waals surface area contributed by atoms with Crippen molar-refractivity contribution < 1.29 is 14.3 Å². The van der Waals surface area contributed by atoms with E-state index in [2.05, 4.69) is 12.2 Å². The standard InChI is InChI=1S/C21H43N3O3/c1-4-5-6-7-8-9-10-13-16-27-21(26)19(17(2)3)24-20(25)18(23)14-11-12-15-22/h17-19H,4-16,22-23H2,1-3H3,(H,24,25)/t18-,19-/m0/s1. The predicted octanol–water partition coefficient (Wildman–Crippen LogP) is 3.27. The Kier molecular flexibility index (Phi) is 16.3. The van der Waals surface area contributed by atoms with Crippen LogP contribution in [-0.2, 0) is 14.3 Å². The average molecular weight is 386 g/mol. The molecule has 0 radical (unpaired) electrons. The maximum absolute atomic E-state index is 12.3. The lowest BCUT2D eigenvalue weighted by Gasteiger charge is -2.22. The van der Waals surface area contributed by atoms with E-state index in [9.17, 15) is 9.59 Å². The number of nitrogens with one attached hydrogen (secondary N) is 1. The smallest absolute Gasteiger partial charge is 0.328 e. The summed E-state index contributed by atoms with van der Waals surface area (Å²) in [5, 5.41) is 2.75. The molecule has 0 aliphatic carbocycles. The number of rotatable bonds is 17. The summed E-state index contributed by atoms with van der Waals surface area (Å²) in [6, 6.07) is -1.26. The minimum absolute atomic E-state index is 0.0451. The minimum Gasteiger partial charge on any atom is -0.464 e. The van der Waals surface area contributed by atoms with Crippen LogP contribution in [0.1, 0.15) is 91.4 Å². The molecule has 0 saturated heterocycles. The molecule has 0 heterocycles. The van der Waals surface area contributed by atoms with Crippen molar-refractivity contribution in [1.82, 2.24) is 5.32 Å². The van der Waals surface area contributed by atoms with E-state index in [4.69, 9.17) is 16.2 Å². The molecule has 0 aromatic carbocycles. The molecule has 2 atom stereocenters. The first-order valence-corrected chi connectivity index (χ1v) is 10.9. The van der Waals surface area contributed by atoms with E-state index in [0.717, 1.165) is 25.7 Å². The Morgan fingerprint density at radius 1 is 0.926 bits per heavy atom. The second-order valence-electron chi connectivity index (χ2n) is 7.76. The van der Waals surface area contributed by atoms with Crippen LogP contribution in [0.3, 0.4) is 0 Å². The van der Waals surface area contributed by atoms with Gasteiger partial charge in [-0.3, -0.25) is 4.79 Å². The topological polar surface area (TPSA) is 107 Å². The van der Waals surface area contributed by atoms with Gasteiger partial charge in [-0.1, -0.05) is 72.1 Å². The second kappa shape index (κ2) is 17.0. The Hall–Kier alpha value is -1.14. The van der Waals surface area contributed by atoms with Crippen LogP contribution in [-0.4, -0.2) is 37.1 Å². The highest BCUT2D eigenvalue weighted by Crippen LogP contribution is 2.10. The fraction of sp³-hybridized carbons (Fsp3) is 0.905. The molecule has 0 aromatic rings. The Labute approximate surface area is 166 Å². The fourth-order valence-corrected chi connectivity index (χ4v) is 2.90. The Morgan fingerprint density at radius 3 is 2.07 bits per heavy atom. The number of nitrogens with two attached hydrogens (primary N) is 2. The normalized spacial score (nSPS) is 13.4. The number of carbonyl (C=O) groups is 2. The Balaban J connectivity index is 4.05. The molecule has 0 aromatic heterocycles. The third kappa shape index (κ3) is 13.6. The maximum Gasteiger partial charge on any atom is 0.328 e. The third-order valence-corrected chi connectivity index (χ3v) is 4.77. The molecule has 0 saturated carbocycles. The van der Waals surface area contributed by atoms with Gasteiger partial charge in [0.2, 0.25) is 5.91 Å². The van der Waals surface area contributed by atoms with E-state index in [1.54, 1.807) is 0 Å². The first-order chi connectivity index (χ1) is 12.9. The maximum atomic E-state index is 12.3. The van der Waals surface area contributed by atoms with Crippen LogP contribution in [0.15, 0.2) is 0 Å². The molecular weight excluding hydrogens is 342 g/mol. The monoisotopic (exact) mass is 385 g/mol. The van der Waals surface area contributed by atoms with Crippen molar-refractivity contribution in [3.8, 4) is 0 Å². The summed E-state index contributed by atoms with van der Waals surface area (Å²) in [6.07, 6.45) is 11.8. The van der Waals surface area contributed by atoms with E-state index in [-0.39, 0.29) is 17.8 Å². The third-order valence-electron chi connectivity index (χ3n) is 4.77. The van der Waals surface area contributed by atoms with Crippen molar-refractivity contribution in [2.45, 2.75) is 103 Å². The SMILES string of the molecule is CCCCCCCCCCOC(=O)[C@@H](NC(=O)[C@@H](N)CCCCN)C(C)C. The number of esters is 1. The summed E-state index contributed by atoms with van der Waals surface area (Å²) in [5.41, 5.74) is 11.4. The lowest BCUT2D eigenvalue weighted by atomic mass is 10.0. The molecule has 1 amide bonds. The van der Waals surface area contributed by atoms with E-state index in [1.165, 1.54) is 38.5 Å². The molecule has 6 nitrogen and oxygen atoms in total. The van der Waals surface area contributed by atoms with E-state index in [1.807, 2.05) is 13.8 Å². The van der Waals surface area contributed by atoms with Gasteiger partial charge in [-0.15, -0.1) is 0 Å². The van der Waals surface area contributed by atoms with Gasteiger partial charge in [0, 0.05) is 0 Å². The molecule has 5 N–H and O–H groups in total. The number of hydrogen-bond donors (Lipinski definition) is 3. The van der Waals surface area contributed by atoms with Crippen molar-refractivity contribution in [1.29, 1.82) is 0 Å². The summed E-state index contributed by atoms with van der Waals surface area (Å²) in [4.78, 5) is 24.5. The van der Waals surface area contributed by atoms with Gasteiger partial charge in [-0.25, -0.2) is 4.79 Å². The highest BCUT2D eigenvalue weighted by atomic mass is 16.5. The van der Waals surface area contributed by atoms with Gasteiger partial charge in [-0.2, -0.15) is 0 Å². The van der Waals surface area contributed by atoms with Gasteiger partial charge in [0.1, 0.15) is 6.04 Å². The zero-order valence-electron chi connectivity index (χ0n) is 17.8. The van der Waals surface area contributed by atoms with Crippen LogP contribution in [0.5, 0.6) is 0 Å². The molecule has 6 heteroatoms. The molecule has 160 valence electrons.